The van der Waals surface area contributed by atoms with Gasteiger partial charge >= 0.3 is 0 Å². The smallest absolute Gasteiger partial charge is 0.261 e. The van der Waals surface area contributed by atoms with Crippen LogP contribution in [-0.4, -0.2) is 20.1 Å². The molecule has 1 atom stereocenters. The van der Waals surface area contributed by atoms with Gasteiger partial charge in [-0.15, -0.1) is 0 Å². The Morgan fingerprint density at radius 3 is 2.53 bits per heavy atom. The molecule has 1 amide bonds. The van der Waals surface area contributed by atoms with Crippen LogP contribution >= 0.6 is 0 Å². The molecule has 0 heterocycles. The largest absolute Gasteiger partial charge is 0.493 e. The van der Waals surface area contributed by atoms with Gasteiger partial charge in [0.15, 0.2) is 11.5 Å². The van der Waals surface area contributed by atoms with Crippen LogP contribution in [-0.2, 0) is 4.79 Å². The van der Waals surface area contributed by atoms with Gasteiger partial charge < -0.3 is 14.8 Å². The molecule has 0 aliphatic heterocycles. The van der Waals surface area contributed by atoms with E-state index in [-0.39, 0.29) is 11.6 Å². The molecule has 100 valence electrons. The zero-order valence-electron chi connectivity index (χ0n) is 11.2. The summed E-state index contributed by atoms with van der Waals surface area (Å²) < 4.78 is 10.3. The number of nitrogens with one attached hydrogen (secondary N) is 1. The molecule has 1 unspecified atom stereocenters. The zero-order chi connectivity index (χ0) is 14.4. The van der Waals surface area contributed by atoms with Crippen LogP contribution in [0, 0.1) is 11.3 Å². The molecule has 0 fully saturated rings. The summed E-state index contributed by atoms with van der Waals surface area (Å²) in [6, 6.07) is 6.80. The lowest BCUT2D eigenvalue weighted by atomic mass is 10.1. The van der Waals surface area contributed by atoms with Crippen molar-refractivity contribution in [3.63, 3.8) is 0 Å². The van der Waals surface area contributed by atoms with E-state index in [0.29, 0.717) is 11.5 Å². The lowest BCUT2D eigenvalue weighted by molar-refractivity contribution is -0.117. The second-order valence-electron chi connectivity index (χ2n) is 3.90. The molecular weight excluding hydrogens is 244 g/mol. The minimum Gasteiger partial charge on any atom is -0.493 e. The van der Waals surface area contributed by atoms with Crippen LogP contribution in [0.25, 0.3) is 0 Å². The minimum atomic E-state index is -0.482. The van der Waals surface area contributed by atoms with Gasteiger partial charge in [0.2, 0.25) is 0 Å². The maximum atomic E-state index is 11.5. The first kappa shape index (κ1) is 14.6. The molecule has 0 radical (unpaired) electrons. The number of amides is 1. The number of benzene rings is 1. The summed E-state index contributed by atoms with van der Waals surface area (Å²) in [5, 5.41) is 11.3. The molecule has 0 aliphatic rings. The van der Waals surface area contributed by atoms with Crippen molar-refractivity contribution in [2.45, 2.75) is 13.0 Å². The number of nitriles is 1. The average Bonchev–Trinajstić information content (AvgIpc) is 2.45. The fourth-order valence-corrected chi connectivity index (χ4v) is 1.54. The number of hydrogen-bond donors (Lipinski definition) is 1. The van der Waals surface area contributed by atoms with Crippen molar-refractivity contribution in [1.82, 2.24) is 5.32 Å². The number of carbonyl (C=O) groups is 1. The fraction of sp³-hybridized carbons (Fsp3) is 0.286. The molecule has 1 rings (SSSR count). The Morgan fingerprint density at radius 2 is 2.00 bits per heavy atom. The topological polar surface area (TPSA) is 71.4 Å². The van der Waals surface area contributed by atoms with Crippen molar-refractivity contribution in [1.29, 1.82) is 5.26 Å². The van der Waals surface area contributed by atoms with Crippen LogP contribution in [0.5, 0.6) is 11.5 Å². The van der Waals surface area contributed by atoms with Gasteiger partial charge in [-0.25, -0.2) is 0 Å². The third-order valence-electron chi connectivity index (χ3n) is 2.66. The molecule has 0 bridgehead atoms. The van der Waals surface area contributed by atoms with Gasteiger partial charge in [-0.05, 0) is 24.6 Å². The van der Waals surface area contributed by atoms with Crippen molar-refractivity contribution in [2.75, 3.05) is 14.2 Å². The predicted octanol–water partition coefficient (Wildman–Crippen LogP) is 1.96. The number of ether oxygens (including phenoxy) is 2. The van der Waals surface area contributed by atoms with Crippen molar-refractivity contribution >= 4 is 5.91 Å². The van der Waals surface area contributed by atoms with Crippen molar-refractivity contribution in [2.24, 2.45) is 0 Å². The number of carbonyl (C=O) groups excluding carboxylic acids is 1. The SMILES string of the molecule is C=C(C#N)C(=O)NC(C)c1ccc(OC)c(OC)c1. The van der Waals surface area contributed by atoms with Crippen LogP contribution in [0.4, 0.5) is 0 Å². The molecule has 0 saturated heterocycles. The Hall–Kier alpha value is -2.48. The molecule has 0 saturated carbocycles. The lowest BCUT2D eigenvalue weighted by Crippen LogP contribution is -2.27. The highest BCUT2D eigenvalue weighted by molar-refractivity contribution is 5.96. The summed E-state index contributed by atoms with van der Waals surface area (Å²) in [6.07, 6.45) is 0. The monoisotopic (exact) mass is 260 g/mol. The van der Waals surface area contributed by atoms with Gasteiger partial charge in [-0.1, -0.05) is 12.6 Å². The van der Waals surface area contributed by atoms with E-state index in [1.165, 1.54) is 0 Å². The van der Waals surface area contributed by atoms with E-state index in [1.807, 2.05) is 13.0 Å². The van der Waals surface area contributed by atoms with Gasteiger partial charge in [0.1, 0.15) is 11.6 Å². The normalized spacial score (nSPS) is 11.1. The first-order chi connectivity index (χ1) is 9.03. The summed E-state index contributed by atoms with van der Waals surface area (Å²) in [7, 11) is 3.10. The number of methoxy groups -OCH3 is 2. The van der Waals surface area contributed by atoms with Crippen LogP contribution in [0.3, 0.4) is 0 Å². The molecule has 1 N–H and O–H groups in total. The van der Waals surface area contributed by atoms with E-state index >= 15 is 0 Å². The quantitative estimate of drug-likeness (QED) is 0.649. The van der Waals surface area contributed by atoms with E-state index in [1.54, 1.807) is 32.4 Å². The fourth-order valence-electron chi connectivity index (χ4n) is 1.54. The van der Waals surface area contributed by atoms with Crippen molar-refractivity contribution in [3.05, 3.63) is 35.9 Å². The first-order valence-corrected chi connectivity index (χ1v) is 5.65. The van der Waals surface area contributed by atoms with Crippen LogP contribution < -0.4 is 14.8 Å². The highest BCUT2D eigenvalue weighted by atomic mass is 16.5. The molecule has 19 heavy (non-hydrogen) atoms. The van der Waals surface area contributed by atoms with Crippen LogP contribution in [0.1, 0.15) is 18.5 Å². The standard InChI is InChI=1S/C14H16N2O3/c1-9(8-15)14(17)16-10(2)11-5-6-12(18-3)13(7-11)19-4/h5-7,10H,1H2,2-4H3,(H,16,17). The highest BCUT2D eigenvalue weighted by Gasteiger charge is 2.14. The van der Waals surface area contributed by atoms with E-state index in [2.05, 4.69) is 11.9 Å². The highest BCUT2D eigenvalue weighted by Crippen LogP contribution is 2.29. The predicted molar refractivity (Wildman–Crippen MR) is 70.9 cm³/mol. The summed E-state index contributed by atoms with van der Waals surface area (Å²) in [5.41, 5.74) is 0.726. The van der Waals surface area contributed by atoms with Gasteiger partial charge in [-0.3, -0.25) is 4.79 Å². The van der Waals surface area contributed by atoms with Crippen molar-refractivity contribution < 1.29 is 14.3 Å². The van der Waals surface area contributed by atoms with Gasteiger partial charge in [0.25, 0.3) is 5.91 Å². The summed E-state index contributed by atoms with van der Waals surface area (Å²) >= 11 is 0. The van der Waals surface area contributed by atoms with E-state index in [0.717, 1.165) is 5.56 Å². The third-order valence-corrected chi connectivity index (χ3v) is 2.66. The Balaban J connectivity index is 2.89. The molecule has 0 spiro atoms. The third kappa shape index (κ3) is 3.49. The maximum Gasteiger partial charge on any atom is 0.261 e. The van der Waals surface area contributed by atoms with Crippen molar-refractivity contribution in [3.8, 4) is 17.6 Å². The van der Waals surface area contributed by atoms with Crippen LogP contribution in [0.15, 0.2) is 30.4 Å². The molecule has 1 aromatic carbocycles. The molecule has 0 aliphatic carbocycles. The Morgan fingerprint density at radius 1 is 1.37 bits per heavy atom. The van der Waals surface area contributed by atoms with Gasteiger partial charge in [0, 0.05) is 0 Å². The van der Waals surface area contributed by atoms with E-state index in [9.17, 15) is 4.79 Å². The van der Waals surface area contributed by atoms with Crippen LogP contribution in [0.2, 0.25) is 0 Å². The molecule has 0 aromatic heterocycles. The first-order valence-electron chi connectivity index (χ1n) is 5.65. The maximum absolute atomic E-state index is 11.5. The minimum absolute atomic E-state index is 0.118. The summed E-state index contributed by atoms with van der Waals surface area (Å²) in [6.45, 7) is 5.17. The Labute approximate surface area is 112 Å². The van der Waals surface area contributed by atoms with E-state index in [4.69, 9.17) is 14.7 Å². The molecule has 1 aromatic rings. The Bertz CT molecular complexity index is 532. The Kier molecular flexibility index (Phi) is 4.95. The van der Waals surface area contributed by atoms with Gasteiger partial charge in [0.05, 0.1) is 20.3 Å². The molecule has 5 heteroatoms. The summed E-state index contributed by atoms with van der Waals surface area (Å²) in [4.78, 5) is 11.5. The second kappa shape index (κ2) is 6.45. The zero-order valence-corrected chi connectivity index (χ0v) is 11.2. The van der Waals surface area contributed by atoms with Gasteiger partial charge in [-0.2, -0.15) is 5.26 Å². The summed E-state index contributed by atoms with van der Waals surface area (Å²) in [5.74, 6) is 0.719. The number of rotatable bonds is 5. The average molecular weight is 260 g/mol. The van der Waals surface area contributed by atoms with E-state index < -0.39 is 5.91 Å². The molecule has 5 nitrogen and oxygen atoms in total. The molecular formula is C14H16N2O3. The number of nitrogens with zero attached hydrogens (tertiary/aromatic N) is 1. The lowest BCUT2D eigenvalue weighted by Gasteiger charge is -2.16. The second-order valence-corrected chi connectivity index (χ2v) is 3.90. The number of hydrogen-bond acceptors (Lipinski definition) is 4.